The molecular formula is C24H26N4O4. The van der Waals surface area contributed by atoms with Gasteiger partial charge in [0.2, 0.25) is 17.7 Å². The highest BCUT2D eigenvalue weighted by molar-refractivity contribution is 6.10. The van der Waals surface area contributed by atoms with Crippen LogP contribution in [-0.2, 0) is 14.4 Å². The lowest BCUT2D eigenvalue weighted by Gasteiger charge is -2.48. The Hall–Kier alpha value is -3.68. The van der Waals surface area contributed by atoms with Crippen molar-refractivity contribution in [2.45, 2.75) is 44.3 Å². The van der Waals surface area contributed by atoms with Crippen molar-refractivity contribution in [2.75, 3.05) is 11.4 Å². The highest BCUT2D eigenvalue weighted by atomic mass is 16.2. The van der Waals surface area contributed by atoms with Crippen molar-refractivity contribution in [3.05, 3.63) is 65.7 Å². The number of nitrogens with one attached hydrogen (secondary N) is 1. The number of para-hydroxylation sites is 1. The lowest BCUT2D eigenvalue weighted by Crippen LogP contribution is -2.62. The van der Waals surface area contributed by atoms with Gasteiger partial charge < -0.3 is 16.0 Å². The van der Waals surface area contributed by atoms with Gasteiger partial charge in [-0.05, 0) is 37.5 Å². The number of carbonyl (C=O) groups excluding carboxylic acids is 4. The Morgan fingerprint density at radius 3 is 2.50 bits per heavy atom. The van der Waals surface area contributed by atoms with Crippen molar-refractivity contribution in [1.82, 2.24) is 10.2 Å². The number of carbonyl (C=O) groups is 4. The summed E-state index contributed by atoms with van der Waals surface area (Å²) in [5.41, 5.74) is 6.47. The first-order chi connectivity index (χ1) is 15.3. The fraction of sp³-hybridized carbons (Fsp3) is 0.333. The monoisotopic (exact) mass is 434 g/mol. The highest BCUT2D eigenvalue weighted by Gasteiger charge is 2.52. The van der Waals surface area contributed by atoms with E-state index in [4.69, 9.17) is 5.73 Å². The Labute approximate surface area is 186 Å². The van der Waals surface area contributed by atoms with Crippen LogP contribution in [0.5, 0.6) is 0 Å². The van der Waals surface area contributed by atoms with E-state index in [0.29, 0.717) is 42.6 Å². The van der Waals surface area contributed by atoms with E-state index in [1.54, 1.807) is 52.3 Å². The summed E-state index contributed by atoms with van der Waals surface area (Å²) >= 11 is 0. The summed E-state index contributed by atoms with van der Waals surface area (Å²) in [4.78, 5) is 53.6. The van der Waals surface area contributed by atoms with E-state index in [9.17, 15) is 19.2 Å². The summed E-state index contributed by atoms with van der Waals surface area (Å²) in [7, 11) is 0. The number of hydrogen-bond donors (Lipinski definition) is 2. The number of amides is 4. The topological polar surface area (TPSA) is 113 Å². The van der Waals surface area contributed by atoms with Crippen LogP contribution in [0.25, 0.3) is 0 Å². The fourth-order valence-corrected chi connectivity index (χ4v) is 4.64. The van der Waals surface area contributed by atoms with Gasteiger partial charge >= 0.3 is 0 Å². The van der Waals surface area contributed by atoms with Gasteiger partial charge in [-0.3, -0.25) is 24.1 Å². The summed E-state index contributed by atoms with van der Waals surface area (Å²) in [6.07, 6.45) is 1.41. The number of hydrogen-bond acceptors (Lipinski definition) is 4. The molecule has 2 aliphatic rings. The molecule has 32 heavy (non-hydrogen) atoms. The Balaban J connectivity index is 1.44. The molecule has 0 aliphatic carbocycles. The van der Waals surface area contributed by atoms with Gasteiger partial charge in [0.1, 0.15) is 11.7 Å². The zero-order valence-corrected chi connectivity index (χ0v) is 17.9. The molecular weight excluding hydrogens is 408 g/mol. The van der Waals surface area contributed by atoms with E-state index in [-0.39, 0.29) is 24.1 Å². The molecule has 8 heteroatoms. The third-order valence-electron chi connectivity index (χ3n) is 6.25. The van der Waals surface area contributed by atoms with Gasteiger partial charge in [-0.15, -0.1) is 0 Å². The normalized spacial score (nSPS) is 20.5. The number of anilines is 1. The van der Waals surface area contributed by atoms with E-state index in [1.165, 1.54) is 0 Å². The number of benzene rings is 2. The molecule has 2 aromatic carbocycles. The summed E-state index contributed by atoms with van der Waals surface area (Å²) in [6, 6.07) is 15.0. The number of nitrogens with zero attached hydrogens (tertiary/aromatic N) is 2. The van der Waals surface area contributed by atoms with Crippen molar-refractivity contribution >= 4 is 29.3 Å². The Bertz CT molecular complexity index is 1070. The van der Waals surface area contributed by atoms with Crippen LogP contribution < -0.4 is 16.0 Å². The number of primary amides is 1. The van der Waals surface area contributed by atoms with Crippen LogP contribution in [0, 0.1) is 0 Å². The molecule has 4 amide bonds. The van der Waals surface area contributed by atoms with Crippen LogP contribution >= 0.6 is 0 Å². The van der Waals surface area contributed by atoms with Gasteiger partial charge in [-0.1, -0.05) is 42.5 Å². The first kappa shape index (κ1) is 21.5. The molecule has 0 bridgehead atoms. The number of fused-ring (bicyclic) bond motifs is 3. The zero-order valence-electron chi connectivity index (χ0n) is 17.9. The van der Waals surface area contributed by atoms with Gasteiger partial charge in [-0.25, -0.2) is 0 Å². The third kappa shape index (κ3) is 3.72. The van der Waals surface area contributed by atoms with Crippen molar-refractivity contribution < 1.29 is 19.2 Å². The molecule has 1 fully saturated rings. The molecule has 0 aromatic heterocycles. The summed E-state index contributed by atoms with van der Waals surface area (Å²) in [5.74, 6) is -1.12. The predicted molar refractivity (Wildman–Crippen MR) is 118 cm³/mol. The molecule has 0 saturated carbocycles. The van der Waals surface area contributed by atoms with E-state index in [0.717, 1.165) is 0 Å². The standard InChI is InChI=1S/C24H26N4O4/c1-24-14-13-20(30)28(24)18-11-6-5-10-17(18)23(32)27(24)15-7-12-19(29)26-21(22(25)31)16-8-3-2-4-9-16/h2-6,8-11,21H,7,12-15H2,1H3,(H2,25,31)(H,26,29). The fourth-order valence-electron chi connectivity index (χ4n) is 4.64. The van der Waals surface area contributed by atoms with Gasteiger partial charge in [0.25, 0.3) is 5.91 Å². The average molecular weight is 434 g/mol. The molecule has 2 aromatic rings. The molecule has 0 spiro atoms. The van der Waals surface area contributed by atoms with Gasteiger partial charge in [0, 0.05) is 19.4 Å². The highest BCUT2D eigenvalue weighted by Crippen LogP contribution is 2.44. The zero-order chi connectivity index (χ0) is 22.9. The van der Waals surface area contributed by atoms with E-state index < -0.39 is 17.6 Å². The molecule has 166 valence electrons. The van der Waals surface area contributed by atoms with Crippen LogP contribution in [0.15, 0.2) is 54.6 Å². The van der Waals surface area contributed by atoms with E-state index in [2.05, 4.69) is 5.32 Å². The van der Waals surface area contributed by atoms with Crippen LogP contribution in [0.4, 0.5) is 5.69 Å². The lowest BCUT2D eigenvalue weighted by atomic mass is 9.98. The molecule has 2 heterocycles. The molecule has 0 radical (unpaired) electrons. The maximum atomic E-state index is 13.2. The molecule has 2 unspecified atom stereocenters. The van der Waals surface area contributed by atoms with Crippen molar-refractivity contribution in [3.63, 3.8) is 0 Å². The van der Waals surface area contributed by atoms with Crippen molar-refractivity contribution in [1.29, 1.82) is 0 Å². The first-order valence-electron chi connectivity index (χ1n) is 10.7. The molecule has 3 N–H and O–H groups in total. The minimum atomic E-state index is -0.910. The Kier molecular flexibility index (Phi) is 5.69. The largest absolute Gasteiger partial charge is 0.368 e. The minimum Gasteiger partial charge on any atom is -0.368 e. The van der Waals surface area contributed by atoms with Crippen molar-refractivity contribution in [2.24, 2.45) is 5.73 Å². The lowest BCUT2D eigenvalue weighted by molar-refractivity contribution is -0.127. The summed E-state index contributed by atoms with van der Waals surface area (Å²) < 4.78 is 0. The second-order valence-corrected chi connectivity index (χ2v) is 8.34. The van der Waals surface area contributed by atoms with Gasteiger partial charge in [0.05, 0.1) is 11.3 Å². The Morgan fingerprint density at radius 2 is 1.78 bits per heavy atom. The first-order valence-corrected chi connectivity index (χ1v) is 10.7. The second kappa shape index (κ2) is 8.45. The molecule has 1 saturated heterocycles. The van der Waals surface area contributed by atoms with Gasteiger partial charge in [0.15, 0.2) is 0 Å². The third-order valence-corrected chi connectivity index (χ3v) is 6.25. The predicted octanol–water partition coefficient (Wildman–Crippen LogP) is 2.11. The molecule has 2 atom stereocenters. The van der Waals surface area contributed by atoms with Crippen LogP contribution in [0.2, 0.25) is 0 Å². The maximum Gasteiger partial charge on any atom is 0.257 e. The smallest absolute Gasteiger partial charge is 0.257 e. The van der Waals surface area contributed by atoms with Gasteiger partial charge in [-0.2, -0.15) is 0 Å². The summed E-state index contributed by atoms with van der Waals surface area (Å²) in [6.45, 7) is 2.21. The van der Waals surface area contributed by atoms with Crippen LogP contribution in [-0.4, -0.2) is 40.7 Å². The second-order valence-electron chi connectivity index (χ2n) is 8.34. The van der Waals surface area contributed by atoms with Crippen molar-refractivity contribution in [3.8, 4) is 0 Å². The Morgan fingerprint density at radius 1 is 1.09 bits per heavy atom. The molecule has 2 aliphatic heterocycles. The SMILES string of the molecule is CC12CCC(=O)N1c1ccccc1C(=O)N2CCCC(=O)NC(C(N)=O)c1ccccc1. The van der Waals surface area contributed by atoms with Crippen LogP contribution in [0.1, 0.15) is 54.6 Å². The summed E-state index contributed by atoms with van der Waals surface area (Å²) in [5, 5.41) is 2.68. The maximum absolute atomic E-state index is 13.2. The molecule has 8 nitrogen and oxygen atoms in total. The van der Waals surface area contributed by atoms with Crippen LogP contribution in [0.3, 0.4) is 0 Å². The van der Waals surface area contributed by atoms with E-state index in [1.807, 2.05) is 19.1 Å². The average Bonchev–Trinajstić information content (AvgIpc) is 3.10. The quantitative estimate of drug-likeness (QED) is 0.695. The molecule has 4 rings (SSSR count). The van der Waals surface area contributed by atoms with E-state index >= 15 is 0 Å². The number of rotatable bonds is 7. The number of nitrogens with two attached hydrogens (primary N) is 1. The minimum absolute atomic E-state index is 0.0117.